The van der Waals surface area contributed by atoms with Crippen LogP contribution in [0.3, 0.4) is 0 Å². The summed E-state index contributed by atoms with van der Waals surface area (Å²) >= 11 is 1.86. The van der Waals surface area contributed by atoms with Crippen molar-refractivity contribution in [1.29, 1.82) is 0 Å². The van der Waals surface area contributed by atoms with E-state index in [1.807, 2.05) is 18.3 Å². The second-order valence-electron chi connectivity index (χ2n) is 8.01. The molecule has 2 aliphatic rings. The Labute approximate surface area is 167 Å². The normalized spacial score (nSPS) is 18.6. The van der Waals surface area contributed by atoms with E-state index in [1.165, 1.54) is 35.3 Å². The number of nitrogens with zero attached hydrogens (tertiary/aromatic N) is 1. The highest BCUT2D eigenvalue weighted by Crippen LogP contribution is 2.44. The van der Waals surface area contributed by atoms with E-state index in [-0.39, 0.29) is 0 Å². The fourth-order valence-corrected chi connectivity index (χ4v) is 5.37. The monoisotopic (exact) mass is 373 g/mol. The minimum Gasteiger partial charge on any atom is -0.244 e. The van der Waals surface area contributed by atoms with E-state index in [0.717, 1.165) is 23.4 Å². The lowest BCUT2D eigenvalue weighted by Crippen LogP contribution is -2.02. The maximum atomic E-state index is 4.79. The van der Waals surface area contributed by atoms with Crippen LogP contribution >= 0.6 is 11.3 Å². The first kappa shape index (κ1) is 18.3. The van der Waals surface area contributed by atoms with Gasteiger partial charge in [0.2, 0.25) is 0 Å². The Morgan fingerprint density at radius 3 is 2.96 bits per heavy atom. The Morgan fingerprint density at radius 1 is 1.26 bits per heavy atom. The van der Waals surface area contributed by atoms with Crippen molar-refractivity contribution in [3.05, 3.63) is 63.7 Å². The SMILES string of the molecule is CC#Cc1cc(-c2ncc(C3CC=CC4=C3CCC4)s2)ccc1CC(C)C. The van der Waals surface area contributed by atoms with Crippen LogP contribution in [0, 0.1) is 17.8 Å². The summed E-state index contributed by atoms with van der Waals surface area (Å²) in [4.78, 5) is 6.21. The number of benzene rings is 1. The molecule has 0 saturated heterocycles. The number of allylic oxidation sites excluding steroid dienone is 4. The predicted molar refractivity (Wildman–Crippen MR) is 116 cm³/mol. The van der Waals surface area contributed by atoms with Gasteiger partial charge in [0.05, 0.1) is 0 Å². The fourth-order valence-electron chi connectivity index (χ4n) is 4.31. The number of hydrogen-bond donors (Lipinski definition) is 0. The van der Waals surface area contributed by atoms with Gasteiger partial charge in [-0.15, -0.1) is 17.3 Å². The smallest absolute Gasteiger partial charge is 0.123 e. The van der Waals surface area contributed by atoms with E-state index >= 15 is 0 Å². The third kappa shape index (κ3) is 3.80. The molecule has 2 aromatic rings. The molecule has 0 spiro atoms. The van der Waals surface area contributed by atoms with Crippen LogP contribution < -0.4 is 0 Å². The lowest BCUT2D eigenvalue weighted by atomic mass is 9.87. The van der Waals surface area contributed by atoms with Crippen molar-refractivity contribution in [2.75, 3.05) is 0 Å². The summed E-state index contributed by atoms with van der Waals surface area (Å²) in [7, 11) is 0. The molecule has 1 unspecified atom stereocenters. The van der Waals surface area contributed by atoms with E-state index in [1.54, 1.807) is 11.1 Å². The van der Waals surface area contributed by atoms with Crippen LogP contribution in [0.5, 0.6) is 0 Å². The van der Waals surface area contributed by atoms with Crippen LogP contribution in [-0.4, -0.2) is 4.98 Å². The van der Waals surface area contributed by atoms with Crippen molar-refractivity contribution in [2.24, 2.45) is 5.92 Å². The largest absolute Gasteiger partial charge is 0.244 e. The Kier molecular flexibility index (Phi) is 5.32. The van der Waals surface area contributed by atoms with Crippen LogP contribution in [0.25, 0.3) is 10.6 Å². The summed E-state index contributed by atoms with van der Waals surface area (Å²) in [6.07, 6.45) is 12.8. The first-order valence-corrected chi connectivity index (χ1v) is 10.9. The van der Waals surface area contributed by atoms with Gasteiger partial charge in [-0.1, -0.05) is 49.6 Å². The number of thiazole rings is 1. The van der Waals surface area contributed by atoms with E-state index in [0.29, 0.717) is 11.8 Å². The average molecular weight is 374 g/mol. The molecule has 0 radical (unpaired) electrons. The summed E-state index contributed by atoms with van der Waals surface area (Å²) in [5.41, 5.74) is 6.95. The van der Waals surface area contributed by atoms with Crippen molar-refractivity contribution in [1.82, 2.24) is 4.98 Å². The molecule has 0 aliphatic heterocycles. The molecule has 0 saturated carbocycles. The van der Waals surface area contributed by atoms with Gasteiger partial charge in [0.1, 0.15) is 5.01 Å². The zero-order valence-electron chi connectivity index (χ0n) is 16.5. The zero-order valence-corrected chi connectivity index (χ0v) is 17.3. The molecular weight excluding hydrogens is 346 g/mol. The van der Waals surface area contributed by atoms with Gasteiger partial charge in [0, 0.05) is 28.1 Å². The standard InChI is InChI=1S/C25H27NS/c1-4-7-19-15-21(13-12-20(19)14-17(2)3)25-26-16-24(27-25)23-11-6-9-18-8-5-10-22(18)23/h6,9,12-13,15-17,23H,5,8,10-11,14H2,1-3H3. The van der Waals surface area contributed by atoms with Gasteiger partial charge in [-0.2, -0.15) is 0 Å². The molecule has 1 aromatic carbocycles. The summed E-state index contributed by atoms with van der Waals surface area (Å²) in [6, 6.07) is 6.71. The highest BCUT2D eigenvalue weighted by atomic mass is 32.1. The molecule has 0 N–H and O–H groups in total. The highest BCUT2D eigenvalue weighted by molar-refractivity contribution is 7.15. The molecule has 27 heavy (non-hydrogen) atoms. The second kappa shape index (κ2) is 7.87. The summed E-state index contributed by atoms with van der Waals surface area (Å²) in [5.74, 6) is 7.56. The Balaban J connectivity index is 1.64. The Hall–Kier alpha value is -2.11. The first-order chi connectivity index (χ1) is 13.2. The number of hydrogen-bond acceptors (Lipinski definition) is 2. The zero-order chi connectivity index (χ0) is 18.8. The Bertz CT molecular complexity index is 962. The molecule has 0 bridgehead atoms. The molecule has 2 aliphatic carbocycles. The van der Waals surface area contributed by atoms with Crippen molar-refractivity contribution in [2.45, 2.75) is 58.8 Å². The number of rotatable bonds is 4. The topological polar surface area (TPSA) is 12.9 Å². The lowest BCUT2D eigenvalue weighted by Gasteiger charge is -2.19. The molecule has 0 fully saturated rings. The van der Waals surface area contributed by atoms with Crippen molar-refractivity contribution >= 4 is 11.3 Å². The van der Waals surface area contributed by atoms with E-state index in [2.05, 4.69) is 62.2 Å². The van der Waals surface area contributed by atoms with Gasteiger partial charge < -0.3 is 0 Å². The maximum absolute atomic E-state index is 4.79. The molecule has 4 rings (SSSR count). The van der Waals surface area contributed by atoms with E-state index < -0.39 is 0 Å². The van der Waals surface area contributed by atoms with Crippen LogP contribution in [-0.2, 0) is 6.42 Å². The van der Waals surface area contributed by atoms with Crippen molar-refractivity contribution in [3.63, 3.8) is 0 Å². The lowest BCUT2D eigenvalue weighted by molar-refractivity contribution is 0.646. The summed E-state index contributed by atoms with van der Waals surface area (Å²) < 4.78 is 0. The number of aromatic nitrogens is 1. The van der Waals surface area contributed by atoms with Crippen molar-refractivity contribution < 1.29 is 0 Å². The van der Waals surface area contributed by atoms with Gasteiger partial charge in [-0.05, 0) is 62.1 Å². The van der Waals surface area contributed by atoms with Gasteiger partial charge in [0.25, 0.3) is 0 Å². The van der Waals surface area contributed by atoms with Gasteiger partial charge in [-0.3, -0.25) is 0 Å². The van der Waals surface area contributed by atoms with E-state index in [4.69, 9.17) is 4.98 Å². The molecule has 2 heteroatoms. The summed E-state index contributed by atoms with van der Waals surface area (Å²) in [6.45, 7) is 6.43. The Morgan fingerprint density at radius 2 is 2.15 bits per heavy atom. The fraction of sp³-hybridized carbons (Fsp3) is 0.400. The van der Waals surface area contributed by atoms with Crippen LogP contribution in [0.1, 0.15) is 68.4 Å². The summed E-state index contributed by atoms with van der Waals surface area (Å²) in [5, 5.41) is 1.12. The molecule has 1 heterocycles. The van der Waals surface area contributed by atoms with Crippen LogP contribution in [0.2, 0.25) is 0 Å². The highest BCUT2D eigenvalue weighted by Gasteiger charge is 2.26. The van der Waals surface area contributed by atoms with Crippen molar-refractivity contribution in [3.8, 4) is 22.4 Å². The average Bonchev–Trinajstić information content (AvgIpc) is 3.32. The first-order valence-electron chi connectivity index (χ1n) is 10.1. The third-order valence-electron chi connectivity index (χ3n) is 5.53. The molecular formula is C25H27NS. The minimum absolute atomic E-state index is 0.550. The van der Waals surface area contributed by atoms with Crippen LogP contribution in [0.4, 0.5) is 0 Å². The molecule has 138 valence electrons. The maximum Gasteiger partial charge on any atom is 0.123 e. The molecule has 1 nitrogen and oxygen atoms in total. The quantitative estimate of drug-likeness (QED) is 0.531. The molecule has 1 atom stereocenters. The molecule has 1 aromatic heterocycles. The molecule has 0 amide bonds. The second-order valence-corrected chi connectivity index (χ2v) is 9.07. The van der Waals surface area contributed by atoms with Gasteiger partial charge >= 0.3 is 0 Å². The predicted octanol–water partition coefficient (Wildman–Crippen LogP) is 6.90. The minimum atomic E-state index is 0.550. The third-order valence-corrected chi connectivity index (χ3v) is 6.69. The van der Waals surface area contributed by atoms with Gasteiger partial charge in [0.15, 0.2) is 0 Å². The van der Waals surface area contributed by atoms with Gasteiger partial charge in [-0.25, -0.2) is 4.98 Å². The van der Waals surface area contributed by atoms with E-state index in [9.17, 15) is 0 Å². The van der Waals surface area contributed by atoms with Crippen LogP contribution in [0.15, 0.2) is 47.7 Å².